The summed E-state index contributed by atoms with van der Waals surface area (Å²) >= 11 is 0. The van der Waals surface area contributed by atoms with Gasteiger partial charge in [0.15, 0.2) is 0 Å². The number of fused-ring (bicyclic) bond motifs is 1. The predicted molar refractivity (Wildman–Crippen MR) is 72.1 cm³/mol. The van der Waals surface area contributed by atoms with Gasteiger partial charge in [0.05, 0.1) is 0 Å². The Morgan fingerprint density at radius 3 is 3.00 bits per heavy atom. The highest BCUT2D eigenvalue weighted by molar-refractivity contribution is 6.03. The molecule has 2 heterocycles. The van der Waals surface area contributed by atoms with E-state index in [4.69, 9.17) is 0 Å². The van der Waals surface area contributed by atoms with Crippen molar-refractivity contribution >= 4 is 11.9 Å². The van der Waals surface area contributed by atoms with Gasteiger partial charge in [-0.05, 0) is 37.5 Å². The third kappa shape index (κ3) is 2.29. The molecule has 0 bridgehead atoms. The van der Waals surface area contributed by atoms with Crippen LogP contribution in [0.3, 0.4) is 0 Å². The average molecular weight is 274 g/mol. The number of nitrogens with one attached hydrogen (secondary N) is 1. The van der Waals surface area contributed by atoms with Crippen LogP contribution in [0.2, 0.25) is 0 Å². The normalized spacial score (nSPS) is 13.9. The second-order valence-corrected chi connectivity index (χ2v) is 4.97. The molecule has 3 rings (SSSR count). The van der Waals surface area contributed by atoms with Crippen LogP contribution in [0.25, 0.3) is 0 Å². The molecule has 1 aliphatic rings. The standard InChI is InChI=1S/C14H15FN4O/c1-9-5-6-10(8-11(9)15)13(20)16-14-18-17-12-4-2-3-7-19(12)14/h5-6,8H,2-4,7H2,1H3,(H,16,18,20). The molecule has 1 aromatic carbocycles. The first-order valence-corrected chi connectivity index (χ1v) is 6.65. The minimum Gasteiger partial charge on any atom is -0.297 e. The van der Waals surface area contributed by atoms with E-state index in [0.29, 0.717) is 11.5 Å². The van der Waals surface area contributed by atoms with Crippen molar-refractivity contribution in [2.24, 2.45) is 0 Å². The highest BCUT2D eigenvalue weighted by Gasteiger charge is 2.18. The number of hydrogen-bond acceptors (Lipinski definition) is 3. The Morgan fingerprint density at radius 1 is 1.35 bits per heavy atom. The summed E-state index contributed by atoms with van der Waals surface area (Å²) in [7, 11) is 0. The van der Waals surface area contributed by atoms with Crippen molar-refractivity contribution in [1.82, 2.24) is 14.8 Å². The Bertz CT molecular complexity index is 665. The molecule has 1 amide bonds. The molecular formula is C14H15FN4O. The molecule has 20 heavy (non-hydrogen) atoms. The van der Waals surface area contributed by atoms with E-state index in [2.05, 4.69) is 15.5 Å². The topological polar surface area (TPSA) is 59.8 Å². The van der Waals surface area contributed by atoms with Crippen LogP contribution in [-0.2, 0) is 13.0 Å². The molecule has 1 N–H and O–H groups in total. The molecule has 0 radical (unpaired) electrons. The van der Waals surface area contributed by atoms with Crippen LogP contribution in [0.15, 0.2) is 18.2 Å². The Labute approximate surface area is 115 Å². The molecular weight excluding hydrogens is 259 g/mol. The maximum Gasteiger partial charge on any atom is 0.258 e. The lowest BCUT2D eigenvalue weighted by atomic mass is 10.1. The van der Waals surface area contributed by atoms with Gasteiger partial charge in [-0.3, -0.25) is 14.7 Å². The number of hydrogen-bond donors (Lipinski definition) is 1. The van der Waals surface area contributed by atoms with E-state index in [1.807, 2.05) is 4.57 Å². The molecule has 1 aliphatic heterocycles. The second-order valence-electron chi connectivity index (χ2n) is 4.97. The molecule has 0 atom stereocenters. The molecule has 0 saturated heterocycles. The molecule has 2 aromatic rings. The number of carbonyl (C=O) groups excluding carboxylic acids is 1. The van der Waals surface area contributed by atoms with Gasteiger partial charge in [-0.1, -0.05) is 6.07 Å². The minimum atomic E-state index is -0.388. The van der Waals surface area contributed by atoms with Crippen molar-refractivity contribution in [2.45, 2.75) is 32.7 Å². The number of rotatable bonds is 2. The predicted octanol–water partition coefficient (Wildman–Crippen LogP) is 2.31. The fourth-order valence-electron chi connectivity index (χ4n) is 2.31. The maximum absolute atomic E-state index is 13.5. The van der Waals surface area contributed by atoms with E-state index in [1.165, 1.54) is 6.07 Å². The maximum atomic E-state index is 13.5. The van der Waals surface area contributed by atoms with Crippen LogP contribution in [0.5, 0.6) is 0 Å². The summed E-state index contributed by atoms with van der Waals surface area (Å²) in [5.41, 5.74) is 0.794. The lowest BCUT2D eigenvalue weighted by Gasteiger charge is -2.14. The summed E-state index contributed by atoms with van der Waals surface area (Å²) in [5, 5.41) is 10.7. The smallest absolute Gasteiger partial charge is 0.258 e. The average Bonchev–Trinajstić information content (AvgIpc) is 2.85. The van der Waals surface area contributed by atoms with E-state index >= 15 is 0 Å². The van der Waals surface area contributed by atoms with Gasteiger partial charge >= 0.3 is 0 Å². The minimum absolute atomic E-state index is 0.279. The van der Waals surface area contributed by atoms with E-state index < -0.39 is 0 Å². The number of benzene rings is 1. The van der Waals surface area contributed by atoms with Crippen LogP contribution >= 0.6 is 0 Å². The van der Waals surface area contributed by atoms with E-state index in [1.54, 1.807) is 19.1 Å². The van der Waals surface area contributed by atoms with Gasteiger partial charge in [-0.25, -0.2) is 4.39 Å². The van der Waals surface area contributed by atoms with E-state index in [9.17, 15) is 9.18 Å². The lowest BCUT2D eigenvalue weighted by molar-refractivity contribution is 0.102. The van der Waals surface area contributed by atoms with Crippen molar-refractivity contribution in [3.05, 3.63) is 41.0 Å². The third-order valence-electron chi connectivity index (χ3n) is 3.52. The van der Waals surface area contributed by atoms with Gasteiger partial charge in [0.25, 0.3) is 5.91 Å². The zero-order chi connectivity index (χ0) is 14.1. The van der Waals surface area contributed by atoms with Gasteiger partial charge < -0.3 is 0 Å². The summed E-state index contributed by atoms with van der Waals surface area (Å²) < 4.78 is 15.4. The molecule has 104 valence electrons. The van der Waals surface area contributed by atoms with Crippen molar-refractivity contribution in [3.63, 3.8) is 0 Å². The lowest BCUT2D eigenvalue weighted by Crippen LogP contribution is -2.18. The van der Waals surface area contributed by atoms with Crippen molar-refractivity contribution in [3.8, 4) is 0 Å². The van der Waals surface area contributed by atoms with Gasteiger partial charge in [-0.2, -0.15) is 0 Å². The number of anilines is 1. The van der Waals surface area contributed by atoms with Crippen molar-refractivity contribution in [2.75, 3.05) is 5.32 Å². The molecule has 0 unspecified atom stereocenters. The first kappa shape index (κ1) is 12.8. The Morgan fingerprint density at radius 2 is 2.20 bits per heavy atom. The molecule has 5 nitrogen and oxygen atoms in total. The third-order valence-corrected chi connectivity index (χ3v) is 3.52. The van der Waals surface area contributed by atoms with E-state index in [-0.39, 0.29) is 17.3 Å². The van der Waals surface area contributed by atoms with Crippen molar-refractivity contribution in [1.29, 1.82) is 0 Å². The van der Waals surface area contributed by atoms with Gasteiger partial charge in [0, 0.05) is 18.5 Å². The Balaban J connectivity index is 1.82. The summed E-state index contributed by atoms with van der Waals surface area (Å²) in [4.78, 5) is 12.1. The zero-order valence-corrected chi connectivity index (χ0v) is 11.2. The first-order valence-electron chi connectivity index (χ1n) is 6.65. The van der Waals surface area contributed by atoms with Gasteiger partial charge in [0.1, 0.15) is 11.6 Å². The molecule has 0 aliphatic carbocycles. The monoisotopic (exact) mass is 274 g/mol. The van der Waals surface area contributed by atoms with Crippen LogP contribution in [0, 0.1) is 12.7 Å². The van der Waals surface area contributed by atoms with E-state index in [0.717, 1.165) is 31.6 Å². The summed E-state index contributed by atoms with van der Waals surface area (Å²) in [5.74, 6) is 0.568. The number of amides is 1. The molecule has 1 aromatic heterocycles. The highest BCUT2D eigenvalue weighted by Crippen LogP contribution is 2.18. The number of halogens is 1. The second kappa shape index (κ2) is 5.03. The molecule has 0 saturated carbocycles. The van der Waals surface area contributed by atoms with Crippen LogP contribution in [0.4, 0.5) is 10.3 Å². The molecule has 6 heteroatoms. The Hall–Kier alpha value is -2.24. The number of carbonyl (C=O) groups is 1. The van der Waals surface area contributed by atoms with Crippen molar-refractivity contribution < 1.29 is 9.18 Å². The first-order chi connectivity index (χ1) is 9.65. The van der Waals surface area contributed by atoms with Gasteiger partial charge in [0.2, 0.25) is 5.95 Å². The molecule has 0 spiro atoms. The summed E-state index contributed by atoms with van der Waals surface area (Å²) in [6.45, 7) is 2.46. The SMILES string of the molecule is Cc1ccc(C(=O)Nc2nnc3n2CCCC3)cc1F. The van der Waals surface area contributed by atoms with Crippen LogP contribution in [0.1, 0.15) is 34.6 Å². The number of aryl methyl sites for hydroxylation is 2. The highest BCUT2D eigenvalue weighted by atomic mass is 19.1. The largest absolute Gasteiger partial charge is 0.297 e. The van der Waals surface area contributed by atoms with Crippen LogP contribution in [-0.4, -0.2) is 20.7 Å². The fraction of sp³-hybridized carbons (Fsp3) is 0.357. The summed E-state index contributed by atoms with van der Waals surface area (Å²) in [6, 6.07) is 4.42. The number of aromatic nitrogens is 3. The fourth-order valence-corrected chi connectivity index (χ4v) is 2.31. The number of nitrogens with zero attached hydrogens (tertiary/aromatic N) is 3. The zero-order valence-electron chi connectivity index (χ0n) is 11.2. The quantitative estimate of drug-likeness (QED) is 0.914. The summed E-state index contributed by atoms with van der Waals surface area (Å²) in [6.07, 6.45) is 3.02. The van der Waals surface area contributed by atoms with Crippen LogP contribution < -0.4 is 5.32 Å². The molecule has 0 fully saturated rings. The van der Waals surface area contributed by atoms with Gasteiger partial charge in [-0.15, -0.1) is 10.2 Å². The Kier molecular flexibility index (Phi) is 3.22.